The fourth-order valence-electron chi connectivity index (χ4n) is 2.93. The van der Waals surface area contributed by atoms with Crippen molar-refractivity contribution in [1.29, 1.82) is 0 Å². The van der Waals surface area contributed by atoms with E-state index in [2.05, 4.69) is 15.6 Å². The molecule has 0 saturated heterocycles. The topological polar surface area (TPSA) is 80.3 Å². The number of thiazole rings is 1. The van der Waals surface area contributed by atoms with Crippen LogP contribution in [0.5, 0.6) is 5.75 Å². The van der Waals surface area contributed by atoms with Crippen molar-refractivity contribution in [1.82, 2.24) is 4.98 Å². The third kappa shape index (κ3) is 5.46. The van der Waals surface area contributed by atoms with Crippen LogP contribution >= 0.6 is 23.1 Å². The molecular formula is C24H21N3O3S2. The van der Waals surface area contributed by atoms with E-state index >= 15 is 0 Å². The summed E-state index contributed by atoms with van der Waals surface area (Å²) in [7, 11) is 1.62. The standard InChI is InChI=1S/C24H21N3O3S2/c1-15-3-5-16(6-4-15)23(29)25-17-7-10-19(11-8-17)31-14-22(28)27-24-26-20-12-9-18(30-2)13-21(20)32-24/h3-13H,14H2,1-2H3,(H,25,29)(H,26,27,28). The van der Waals surface area contributed by atoms with Gasteiger partial charge in [0, 0.05) is 16.1 Å². The van der Waals surface area contributed by atoms with Crippen LogP contribution in [0.4, 0.5) is 10.8 Å². The summed E-state index contributed by atoms with van der Waals surface area (Å²) < 4.78 is 6.18. The molecule has 0 saturated carbocycles. The van der Waals surface area contributed by atoms with Gasteiger partial charge in [0.05, 0.1) is 23.1 Å². The maximum Gasteiger partial charge on any atom is 0.255 e. The van der Waals surface area contributed by atoms with Gasteiger partial charge in [-0.3, -0.25) is 9.59 Å². The Morgan fingerprint density at radius 1 is 1.00 bits per heavy atom. The van der Waals surface area contributed by atoms with Crippen molar-refractivity contribution in [2.75, 3.05) is 23.5 Å². The Labute approximate surface area is 194 Å². The first-order valence-electron chi connectivity index (χ1n) is 9.85. The van der Waals surface area contributed by atoms with Gasteiger partial charge in [0.2, 0.25) is 5.91 Å². The number of thioether (sulfide) groups is 1. The Kier molecular flexibility index (Phi) is 6.72. The molecule has 2 amide bonds. The highest BCUT2D eigenvalue weighted by atomic mass is 32.2. The summed E-state index contributed by atoms with van der Waals surface area (Å²) in [6.45, 7) is 1.98. The molecular weight excluding hydrogens is 442 g/mol. The molecule has 2 N–H and O–H groups in total. The zero-order chi connectivity index (χ0) is 22.5. The van der Waals surface area contributed by atoms with E-state index in [9.17, 15) is 9.59 Å². The van der Waals surface area contributed by atoms with Crippen LogP contribution in [0.3, 0.4) is 0 Å². The first-order valence-corrected chi connectivity index (χ1v) is 11.7. The van der Waals surface area contributed by atoms with Gasteiger partial charge >= 0.3 is 0 Å². The van der Waals surface area contributed by atoms with E-state index < -0.39 is 0 Å². The molecule has 0 fully saturated rings. The highest BCUT2D eigenvalue weighted by molar-refractivity contribution is 8.00. The lowest BCUT2D eigenvalue weighted by Crippen LogP contribution is -2.13. The minimum absolute atomic E-state index is 0.127. The van der Waals surface area contributed by atoms with E-state index in [1.54, 1.807) is 19.2 Å². The molecule has 4 aromatic rings. The Hall–Kier alpha value is -3.36. The van der Waals surface area contributed by atoms with Gasteiger partial charge in [0.25, 0.3) is 5.91 Å². The zero-order valence-corrected chi connectivity index (χ0v) is 19.2. The fourth-order valence-corrected chi connectivity index (χ4v) is 4.54. The second-order valence-corrected chi connectivity index (χ2v) is 9.11. The number of aryl methyl sites for hydroxylation is 1. The maximum absolute atomic E-state index is 12.3. The number of anilines is 2. The third-order valence-electron chi connectivity index (χ3n) is 4.64. The molecule has 1 aromatic heterocycles. The molecule has 8 heteroatoms. The molecule has 3 aromatic carbocycles. The summed E-state index contributed by atoms with van der Waals surface area (Å²) in [6, 6.07) is 20.4. The number of rotatable bonds is 7. The molecule has 32 heavy (non-hydrogen) atoms. The number of aromatic nitrogens is 1. The number of ether oxygens (including phenoxy) is 1. The number of hydrogen-bond acceptors (Lipinski definition) is 6. The largest absolute Gasteiger partial charge is 0.497 e. The molecule has 4 rings (SSSR count). The highest BCUT2D eigenvalue weighted by Gasteiger charge is 2.10. The lowest BCUT2D eigenvalue weighted by atomic mass is 10.1. The van der Waals surface area contributed by atoms with Crippen LogP contribution in [-0.4, -0.2) is 29.7 Å². The van der Waals surface area contributed by atoms with E-state index in [4.69, 9.17) is 4.74 Å². The average Bonchev–Trinajstić information content (AvgIpc) is 3.20. The third-order valence-corrected chi connectivity index (χ3v) is 6.58. The number of benzene rings is 3. The van der Waals surface area contributed by atoms with Crippen molar-refractivity contribution in [3.8, 4) is 5.75 Å². The predicted octanol–water partition coefficient (Wildman–Crippen LogP) is 5.60. The number of carbonyl (C=O) groups is 2. The van der Waals surface area contributed by atoms with Crippen molar-refractivity contribution in [3.63, 3.8) is 0 Å². The quantitative estimate of drug-likeness (QED) is 0.349. The Morgan fingerprint density at radius 3 is 2.47 bits per heavy atom. The fraction of sp³-hybridized carbons (Fsp3) is 0.125. The summed E-state index contributed by atoms with van der Waals surface area (Å²) in [5, 5.41) is 6.29. The molecule has 0 aliphatic heterocycles. The summed E-state index contributed by atoms with van der Waals surface area (Å²) >= 11 is 2.83. The second-order valence-electron chi connectivity index (χ2n) is 7.03. The van der Waals surface area contributed by atoms with Gasteiger partial charge in [0.1, 0.15) is 5.75 Å². The normalized spacial score (nSPS) is 10.7. The molecule has 0 spiro atoms. The molecule has 0 aliphatic rings. The predicted molar refractivity (Wildman–Crippen MR) is 131 cm³/mol. The highest BCUT2D eigenvalue weighted by Crippen LogP contribution is 2.29. The molecule has 162 valence electrons. The molecule has 0 atom stereocenters. The van der Waals surface area contributed by atoms with E-state index in [1.165, 1.54) is 23.1 Å². The Balaban J connectivity index is 1.29. The summed E-state index contributed by atoms with van der Waals surface area (Å²) in [6.07, 6.45) is 0. The van der Waals surface area contributed by atoms with Crippen molar-refractivity contribution in [3.05, 3.63) is 77.9 Å². The Bertz CT molecular complexity index is 1250. The van der Waals surface area contributed by atoms with Gasteiger partial charge in [-0.05, 0) is 61.5 Å². The summed E-state index contributed by atoms with van der Waals surface area (Å²) in [5.74, 6) is 0.734. The van der Waals surface area contributed by atoms with Crippen LogP contribution in [0, 0.1) is 6.92 Å². The second kappa shape index (κ2) is 9.84. The lowest BCUT2D eigenvalue weighted by Gasteiger charge is -2.07. The minimum Gasteiger partial charge on any atom is -0.497 e. The Morgan fingerprint density at radius 2 is 1.75 bits per heavy atom. The SMILES string of the molecule is COc1ccc2nc(NC(=O)CSc3ccc(NC(=O)c4ccc(C)cc4)cc3)sc2c1. The van der Waals surface area contributed by atoms with Crippen LogP contribution in [0.15, 0.2) is 71.6 Å². The zero-order valence-electron chi connectivity index (χ0n) is 17.5. The summed E-state index contributed by atoms with van der Waals surface area (Å²) in [4.78, 5) is 30.0. The van der Waals surface area contributed by atoms with Gasteiger partial charge in [-0.15, -0.1) is 11.8 Å². The van der Waals surface area contributed by atoms with Crippen LogP contribution in [0.1, 0.15) is 15.9 Å². The van der Waals surface area contributed by atoms with Crippen molar-refractivity contribution in [2.24, 2.45) is 0 Å². The number of nitrogens with one attached hydrogen (secondary N) is 2. The molecule has 0 aliphatic carbocycles. The van der Waals surface area contributed by atoms with Crippen LogP contribution in [-0.2, 0) is 4.79 Å². The molecule has 0 bridgehead atoms. The van der Waals surface area contributed by atoms with E-state index in [1.807, 2.05) is 61.5 Å². The first kappa shape index (κ1) is 21.9. The van der Waals surface area contributed by atoms with E-state index in [0.717, 1.165) is 26.4 Å². The van der Waals surface area contributed by atoms with Crippen molar-refractivity contribution < 1.29 is 14.3 Å². The number of nitrogens with zero attached hydrogens (tertiary/aromatic N) is 1. The first-order chi connectivity index (χ1) is 15.5. The number of carbonyl (C=O) groups excluding carboxylic acids is 2. The average molecular weight is 464 g/mol. The number of methoxy groups -OCH3 is 1. The van der Waals surface area contributed by atoms with Crippen LogP contribution < -0.4 is 15.4 Å². The number of hydrogen-bond donors (Lipinski definition) is 2. The molecule has 6 nitrogen and oxygen atoms in total. The molecule has 0 radical (unpaired) electrons. The van der Waals surface area contributed by atoms with E-state index in [0.29, 0.717) is 16.4 Å². The van der Waals surface area contributed by atoms with Crippen molar-refractivity contribution in [2.45, 2.75) is 11.8 Å². The smallest absolute Gasteiger partial charge is 0.255 e. The maximum atomic E-state index is 12.3. The van der Waals surface area contributed by atoms with Crippen molar-refractivity contribution >= 4 is 55.9 Å². The molecule has 1 heterocycles. The minimum atomic E-state index is -0.154. The van der Waals surface area contributed by atoms with Crippen LogP contribution in [0.2, 0.25) is 0 Å². The monoisotopic (exact) mass is 463 g/mol. The van der Waals surface area contributed by atoms with Gasteiger partial charge in [-0.2, -0.15) is 0 Å². The van der Waals surface area contributed by atoms with Gasteiger partial charge < -0.3 is 15.4 Å². The van der Waals surface area contributed by atoms with Gasteiger partial charge in [0.15, 0.2) is 5.13 Å². The number of amides is 2. The van der Waals surface area contributed by atoms with Gasteiger partial charge in [-0.1, -0.05) is 29.0 Å². The lowest BCUT2D eigenvalue weighted by molar-refractivity contribution is -0.113. The van der Waals surface area contributed by atoms with Gasteiger partial charge in [-0.25, -0.2) is 4.98 Å². The number of fused-ring (bicyclic) bond motifs is 1. The summed E-state index contributed by atoms with van der Waals surface area (Å²) in [5.41, 5.74) is 3.24. The molecule has 0 unspecified atom stereocenters. The van der Waals surface area contributed by atoms with Crippen LogP contribution in [0.25, 0.3) is 10.2 Å². The van der Waals surface area contributed by atoms with E-state index in [-0.39, 0.29) is 17.6 Å².